The number of hydrogen-bond acceptors (Lipinski definition) is 8. The second kappa shape index (κ2) is 8.12. The number of rotatable bonds is 5. The van der Waals surface area contributed by atoms with Crippen molar-refractivity contribution < 1.29 is 9.53 Å². The van der Waals surface area contributed by atoms with Crippen molar-refractivity contribution in [3.8, 4) is 11.8 Å². The van der Waals surface area contributed by atoms with Gasteiger partial charge >= 0.3 is 5.97 Å². The van der Waals surface area contributed by atoms with E-state index in [0.717, 1.165) is 5.69 Å². The van der Waals surface area contributed by atoms with Gasteiger partial charge in [0.2, 0.25) is 0 Å². The predicted octanol–water partition coefficient (Wildman–Crippen LogP) is 3.23. The summed E-state index contributed by atoms with van der Waals surface area (Å²) in [5.41, 5.74) is 8.47. The maximum atomic E-state index is 12.5. The first-order valence-corrected chi connectivity index (χ1v) is 9.47. The van der Waals surface area contributed by atoms with E-state index >= 15 is 0 Å². The van der Waals surface area contributed by atoms with E-state index in [1.54, 1.807) is 12.1 Å². The standard InChI is InChI=1S/C22H19N7O2/c1-13(27-20-16(11-23)19(24)25-12-26-20)21-28-17-10-6-9-15(22(30)31-2)18(17)29(21)14-7-4-3-5-8-14/h3-10,12-13H,1-2H3,(H3,24,25,26,27). The normalized spacial score (nSPS) is 11.6. The second-order valence-corrected chi connectivity index (χ2v) is 6.77. The molecule has 2 aromatic heterocycles. The van der Waals surface area contributed by atoms with E-state index in [4.69, 9.17) is 15.5 Å². The third-order valence-corrected chi connectivity index (χ3v) is 4.85. The van der Waals surface area contributed by atoms with Crippen LogP contribution < -0.4 is 11.1 Å². The number of nitriles is 1. The molecule has 0 spiro atoms. The number of nitrogens with zero attached hydrogens (tertiary/aromatic N) is 5. The lowest BCUT2D eigenvalue weighted by Crippen LogP contribution is -2.16. The van der Waals surface area contributed by atoms with E-state index in [9.17, 15) is 10.1 Å². The van der Waals surface area contributed by atoms with E-state index in [-0.39, 0.29) is 17.4 Å². The molecule has 0 aliphatic carbocycles. The zero-order valence-corrected chi connectivity index (χ0v) is 16.9. The topological polar surface area (TPSA) is 132 Å². The lowest BCUT2D eigenvalue weighted by molar-refractivity contribution is 0.0602. The number of carbonyl (C=O) groups excluding carboxylic acids is 1. The average molecular weight is 413 g/mol. The summed E-state index contributed by atoms with van der Waals surface area (Å²) < 4.78 is 6.88. The number of esters is 1. The zero-order chi connectivity index (χ0) is 22.0. The maximum absolute atomic E-state index is 12.5. The third-order valence-electron chi connectivity index (χ3n) is 4.85. The van der Waals surface area contributed by atoms with Crippen LogP contribution in [0.15, 0.2) is 54.9 Å². The van der Waals surface area contributed by atoms with Crippen molar-refractivity contribution in [3.05, 3.63) is 71.8 Å². The first-order valence-electron chi connectivity index (χ1n) is 9.47. The molecule has 1 atom stereocenters. The molecule has 154 valence electrons. The quantitative estimate of drug-likeness (QED) is 0.477. The highest BCUT2D eigenvalue weighted by molar-refractivity contribution is 6.02. The van der Waals surface area contributed by atoms with Gasteiger partial charge < -0.3 is 15.8 Å². The molecule has 9 heteroatoms. The molecular formula is C22H19N7O2. The number of nitrogen functional groups attached to an aromatic ring is 1. The van der Waals surface area contributed by atoms with Crippen LogP contribution in [0.1, 0.15) is 34.7 Å². The monoisotopic (exact) mass is 413 g/mol. The summed E-state index contributed by atoms with van der Waals surface area (Å²) in [5.74, 6) is 0.572. The molecule has 0 saturated heterocycles. The summed E-state index contributed by atoms with van der Waals surface area (Å²) in [6.45, 7) is 1.89. The van der Waals surface area contributed by atoms with Crippen molar-refractivity contribution in [1.29, 1.82) is 5.26 Å². The fourth-order valence-corrected chi connectivity index (χ4v) is 3.44. The van der Waals surface area contributed by atoms with Gasteiger partial charge in [-0.2, -0.15) is 5.26 Å². The number of hydrogen-bond donors (Lipinski definition) is 2. The van der Waals surface area contributed by atoms with Gasteiger partial charge in [0.25, 0.3) is 0 Å². The Kier molecular flexibility index (Phi) is 5.20. The molecule has 1 unspecified atom stereocenters. The van der Waals surface area contributed by atoms with Crippen LogP contribution in [0.25, 0.3) is 16.7 Å². The molecule has 0 amide bonds. The van der Waals surface area contributed by atoms with Crippen LogP contribution in [0.5, 0.6) is 0 Å². The van der Waals surface area contributed by atoms with Crippen LogP contribution in [0.3, 0.4) is 0 Å². The van der Waals surface area contributed by atoms with Gasteiger partial charge in [-0.05, 0) is 31.2 Å². The first-order chi connectivity index (χ1) is 15.0. The van der Waals surface area contributed by atoms with Crippen molar-refractivity contribution in [3.63, 3.8) is 0 Å². The van der Waals surface area contributed by atoms with E-state index in [0.29, 0.717) is 28.2 Å². The number of anilines is 2. The Bertz CT molecular complexity index is 1310. The Balaban J connectivity index is 1.91. The van der Waals surface area contributed by atoms with Crippen molar-refractivity contribution in [2.45, 2.75) is 13.0 Å². The van der Waals surface area contributed by atoms with E-state index in [1.165, 1.54) is 13.4 Å². The minimum atomic E-state index is -0.454. The highest BCUT2D eigenvalue weighted by atomic mass is 16.5. The van der Waals surface area contributed by atoms with E-state index in [2.05, 4.69) is 15.3 Å². The molecule has 0 fully saturated rings. The Morgan fingerprint density at radius 3 is 2.68 bits per heavy atom. The number of aromatic nitrogens is 4. The highest BCUT2D eigenvalue weighted by Crippen LogP contribution is 2.30. The fraction of sp³-hybridized carbons (Fsp3) is 0.136. The summed E-state index contributed by atoms with van der Waals surface area (Å²) in [4.78, 5) is 25.3. The van der Waals surface area contributed by atoms with E-state index < -0.39 is 5.97 Å². The molecule has 2 heterocycles. The summed E-state index contributed by atoms with van der Waals surface area (Å²) in [6, 6.07) is 16.5. The minimum absolute atomic E-state index is 0.0942. The number of ether oxygens (including phenoxy) is 1. The fourth-order valence-electron chi connectivity index (χ4n) is 3.44. The third kappa shape index (κ3) is 3.51. The van der Waals surface area contributed by atoms with Crippen LogP contribution in [-0.4, -0.2) is 32.6 Å². The number of para-hydroxylation sites is 2. The molecule has 9 nitrogen and oxygen atoms in total. The van der Waals surface area contributed by atoms with E-state index in [1.807, 2.05) is 54.0 Å². The first kappa shape index (κ1) is 19.8. The lowest BCUT2D eigenvalue weighted by Gasteiger charge is -2.18. The molecule has 0 aliphatic heterocycles. The zero-order valence-electron chi connectivity index (χ0n) is 16.9. The average Bonchev–Trinajstić information content (AvgIpc) is 3.19. The molecule has 2 aromatic carbocycles. The van der Waals surface area contributed by atoms with Crippen molar-refractivity contribution in [1.82, 2.24) is 19.5 Å². The number of methoxy groups -OCH3 is 1. The van der Waals surface area contributed by atoms with Crippen LogP contribution in [0, 0.1) is 11.3 Å². The Hall–Kier alpha value is -4.45. The predicted molar refractivity (Wildman–Crippen MR) is 116 cm³/mol. The summed E-state index contributed by atoms with van der Waals surface area (Å²) in [7, 11) is 1.35. The largest absolute Gasteiger partial charge is 0.465 e. The number of fused-ring (bicyclic) bond motifs is 1. The van der Waals surface area contributed by atoms with Gasteiger partial charge in [0.1, 0.15) is 35.4 Å². The molecular weight excluding hydrogens is 394 g/mol. The smallest absolute Gasteiger partial charge is 0.340 e. The molecule has 0 radical (unpaired) electrons. The second-order valence-electron chi connectivity index (χ2n) is 6.77. The van der Waals surface area contributed by atoms with Crippen molar-refractivity contribution in [2.75, 3.05) is 18.2 Å². The van der Waals surface area contributed by atoms with Gasteiger partial charge in [0, 0.05) is 5.69 Å². The van der Waals surface area contributed by atoms with Crippen molar-refractivity contribution in [2.24, 2.45) is 0 Å². The van der Waals surface area contributed by atoms with Gasteiger partial charge in [-0.15, -0.1) is 0 Å². The van der Waals surface area contributed by atoms with Crippen molar-refractivity contribution >= 4 is 28.6 Å². The van der Waals surface area contributed by atoms with Gasteiger partial charge in [-0.25, -0.2) is 19.7 Å². The summed E-state index contributed by atoms with van der Waals surface area (Å²) >= 11 is 0. The summed E-state index contributed by atoms with van der Waals surface area (Å²) in [6.07, 6.45) is 1.29. The number of nitrogens with one attached hydrogen (secondary N) is 1. The number of nitrogens with two attached hydrogens (primary N) is 1. The molecule has 0 aliphatic rings. The van der Waals surface area contributed by atoms with Crippen LogP contribution >= 0.6 is 0 Å². The molecule has 31 heavy (non-hydrogen) atoms. The van der Waals surface area contributed by atoms with Gasteiger partial charge in [-0.1, -0.05) is 24.3 Å². The minimum Gasteiger partial charge on any atom is -0.465 e. The molecule has 3 N–H and O–H groups in total. The van der Waals surface area contributed by atoms with Gasteiger partial charge in [0.05, 0.1) is 29.7 Å². The molecule has 4 aromatic rings. The Labute approximate surface area is 178 Å². The maximum Gasteiger partial charge on any atom is 0.340 e. The lowest BCUT2D eigenvalue weighted by atomic mass is 10.1. The number of benzene rings is 2. The summed E-state index contributed by atoms with van der Waals surface area (Å²) in [5, 5.41) is 12.6. The number of carbonyl (C=O) groups is 1. The molecule has 0 bridgehead atoms. The Morgan fingerprint density at radius 2 is 1.97 bits per heavy atom. The highest BCUT2D eigenvalue weighted by Gasteiger charge is 2.23. The molecule has 4 rings (SSSR count). The SMILES string of the molecule is COC(=O)c1cccc2nc(C(C)Nc3ncnc(N)c3C#N)n(-c3ccccc3)c12. The van der Waals surface area contributed by atoms with Crippen LogP contribution in [-0.2, 0) is 4.74 Å². The Morgan fingerprint density at radius 1 is 1.19 bits per heavy atom. The van der Waals surface area contributed by atoms with Crippen LogP contribution in [0.2, 0.25) is 0 Å². The molecule has 0 saturated carbocycles. The van der Waals surface area contributed by atoms with Gasteiger partial charge in [0.15, 0.2) is 0 Å². The van der Waals surface area contributed by atoms with Gasteiger partial charge in [-0.3, -0.25) is 4.57 Å². The number of imidazole rings is 1. The van der Waals surface area contributed by atoms with Crippen LogP contribution in [0.4, 0.5) is 11.6 Å².